The van der Waals surface area contributed by atoms with E-state index in [1.165, 1.54) is 5.56 Å². The number of rotatable bonds is 7. The van der Waals surface area contributed by atoms with E-state index in [1.54, 1.807) is 14.0 Å². The summed E-state index contributed by atoms with van der Waals surface area (Å²) in [6.45, 7) is 5.68. The highest BCUT2D eigenvalue weighted by Crippen LogP contribution is 2.29. The number of aromatic nitrogens is 2. The van der Waals surface area contributed by atoms with Crippen molar-refractivity contribution in [2.24, 2.45) is 0 Å². The number of carbonyl (C=O) groups is 1. The van der Waals surface area contributed by atoms with Gasteiger partial charge in [-0.3, -0.25) is 4.79 Å². The zero-order valence-electron chi connectivity index (χ0n) is 16.4. The molecule has 0 aliphatic rings. The van der Waals surface area contributed by atoms with Crippen molar-refractivity contribution < 1.29 is 18.9 Å². The molecule has 0 spiro atoms. The second-order valence-electron chi connectivity index (χ2n) is 6.39. The van der Waals surface area contributed by atoms with Gasteiger partial charge in [0.1, 0.15) is 11.5 Å². The summed E-state index contributed by atoms with van der Waals surface area (Å²) >= 11 is 0. The molecule has 146 valence electrons. The summed E-state index contributed by atoms with van der Waals surface area (Å²) in [6, 6.07) is 13.2. The molecule has 3 aromatic rings. The number of hydrogen-bond acceptors (Lipinski definition) is 6. The third kappa shape index (κ3) is 4.31. The van der Waals surface area contributed by atoms with Crippen molar-refractivity contribution in [3.63, 3.8) is 0 Å². The van der Waals surface area contributed by atoms with Gasteiger partial charge in [-0.25, -0.2) is 4.63 Å². The lowest BCUT2D eigenvalue weighted by Gasteiger charge is -2.14. The molecule has 1 amide bonds. The van der Waals surface area contributed by atoms with E-state index in [9.17, 15) is 4.79 Å². The van der Waals surface area contributed by atoms with Gasteiger partial charge < -0.3 is 14.8 Å². The van der Waals surface area contributed by atoms with Crippen LogP contribution in [-0.4, -0.2) is 29.4 Å². The summed E-state index contributed by atoms with van der Waals surface area (Å²) in [5.41, 5.74) is 3.35. The van der Waals surface area contributed by atoms with Crippen LogP contribution in [0.15, 0.2) is 47.1 Å². The van der Waals surface area contributed by atoms with Gasteiger partial charge in [0, 0.05) is 5.56 Å². The Morgan fingerprint density at radius 2 is 1.93 bits per heavy atom. The number of nitrogens with one attached hydrogen (secondary N) is 1. The van der Waals surface area contributed by atoms with E-state index in [-0.39, 0.29) is 11.7 Å². The minimum atomic E-state index is -0.713. The molecule has 0 radical (unpaired) electrons. The molecule has 0 fully saturated rings. The molecule has 2 aromatic carbocycles. The zero-order chi connectivity index (χ0) is 20.1. The van der Waals surface area contributed by atoms with Crippen LogP contribution in [0.1, 0.15) is 25.0 Å². The van der Waals surface area contributed by atoms with Crippen LogP contribution < -0.4 is 14.8 Å². The highest BCUT2D eigenvalue weighted by Gasteiger charge is 2.20. The number of aryl methyl sites for hydroxylation is 2. The Hall–Kier alpha value is -3.35. The average molecular weight is 381 g/mol. The van der Waals surface area contributed by atoms with Crippen LogP contribution in [-0.2, 0) is 11.2 Å². The second kappa shape index (κ2) is 8.56. The number of amides is 1. The summed E-state index contributed by atoms with van der Waals surface area (Å²) in [5.74, 6) is 1.29. The summed E-state index contributed by atoms with van der Waals surface area (Å²) in [5, 5.41) is 10.4. The third-order valence-corrected chi connectivity index (χ3v) is 4.41. The number of anilines is 1. The Kier molecular flexibility index (Phi) is 5.93. The molecule has 7 nitrogen and oxygen atoms in total. The maximum Gasteiger partial charge on any atom is 0.266 e. The summed E-state index contributed by atoms with van der Waals surface area (Å²) < 4.78 is 15.8. The quantitative estimate of drug-likeness (QED) is 0.665. The number of hydrogen-bond donors (Lipinski definition) is 1. The molecule has 28 heavy (non-hydrogen) atoms. The van der Waals surface area contributed by atoms with Gasteiger partial charge in [-0.15, -0.1) is 0 Å². The molecule has 1 aromatic heterocycles. The Bertz CT molecular complexity index is 951. The van der Waals surface area contributed by atoms with Crippen LogP contribution in [0.2, 0.25) is 0 Å². The van der Waals surface area contributed by atoms with Gasteiger partial charge in [-0.2, -0.15) is 0 Å². The summed E-state index contributed by atoms with van der Waals surface area (Å²) in [4.78, 5) is 12.5. The number of nitrogens with zero attached hydrogens (tertiary/aromatic N) is 2. The molecule has 0 aliphatic carbocycles. The molecule has 0 unspecified atom stereocenters. The first-order valence-corrected chi connectivity index (χ1v) is 9.05. The largest absolute Gasteiger partial charge is 0.496 e. The van der Waals surface area contributed by atoms with Crippen LogP contribution in [0.25, 0.3) is 11.3 Å². The first-order chi connectivity index (χ1) is 13.5. The van der Waals surface area contributed by atoms with Crippen molar-refractivity contribution in [1.29, 1.82) is 0 Å². The molecule has 1 heterocycles. The Balaban J connectivity index is 1.70. The van der Waals surface area contributed by atoms with Crippen LogP contribution in [0, 0.1) is 6.92 Å². The SMILES string of the molecule is CCc1ccc(O[C@@H](C)C(=O)Nc2nonc2-c2ccc(OC)c(C)c2)cc1. The molecule has 0 bridgehead atoms. The van der Waals surface area contributed by atoms with Crippen molar-refractivity contribution >= 4 is 11.7 Å². The van der Waals surface area contributed by atoms with Gasteiger partial charge in [0.05, 0.1) is 7.11 Å². The van der Waals surface area contributed by atoms with Gasteiger partial charge in [0.2, 0.25) is 5.82 Å². The zero-order valence-corrected chi connectivity index (χ0v) is 16.4. The average Bonchev–Trinajstić information content (AvgIpc) is 3.16. The van der Waals surface area contributed by atoms with Crippen LogP contribution in [0.5, 0.6) is 11.5 Å². The van der Waals surface area contributed by atoms with Crippen molar-refractivity contribution in [2.45, 2.75) is 33.3 Å². The third-order valence-electron chi connectivity index (χ3n) is 4.41. The first-order valence-electron chi connectivity index (χ1n) is 9.05. The van der Waals surface area contributed by atoms with Crippen LogP contribution >= 0.6 is 0 Å². The number of benzene rings is 2. The van der Waals surface area contributed by atoms with Gasteiger partial charge in [-0.05, 0) is 72.0 Å². The first kappa shape index (κ1) is 19.4. The van der Waals surface area contributed by atoms with Crippen molar-refractivity contribution in [3.8, 4) is 22.8 Å². The Morgan fingerprint density at radius 1 is 1.18 bits per heavy atom. The maximum absolute atomic E-state index is 12.5. The lowest BCUT2D eigenvalue weighted by molar-refractivity contribution is -0.122. The lowest BCUT2D eigenvalue weighted by Crippen LogP contribution is -2.30. The van der Waals surface area contributed by atoms with E-state index >= 15 is 0 Å². The van der Waals surface area contributed by atoms with Gasteiger partial charge in [0.15, 0.2) is 11.8 Å². The fraction of sp³-hybridized carbons (Fsp3) is 0.286. The molecule has 1 atom stereocenters. The molecule has 0 aliphatic heterocycles. The minimum absolute atomic E-state index is 0.242. The minimum Gasteiger partial charge on any atom is -0.496 e. The van der Waals surface area contributed by atoms with E-state index in [0.29, 0.717) is 11.4 Å². The van der Waals surface area contributed by atoms with Gasteiger partial charge >= 0.3 is 0 Å². The van der Waals surface area contributed by atoms with Crippen LogP contribution in [0.4, 0.5) is 5.82 Å². The lowest BCUT2D eigenvalue weighted by atomic mass is 10.1. The Morgan fingerprint density at radius 3 is 2.57 bits per heavy atom. The summed E-state index contributed by atoms with van der Waals surface area (Å²) in [7, 11) is 1.61. The molecule has 0 saturated carbocycles. The van der Waals surface area contributed by atoms with Crippen molar-refractivity contribution in [2.75, 3.05) is 12.4 Å². The Labute approximate surface area is 163 Å². The van der Waals surface area contributed by atoms with Gasteiger partial charge in [-0.1, -0.05) is 19.1 Å². The molecular weight excluding hydrogens is 358 g/mol. The van der Waals surface area contributed by atoms with E-state index in [1.807, 2.05) is 49.4 Å². The predicted octanol–water partition coefficient (Wildman–Crippen LogP) is 4.02. The van der Waals surface area contributed by atoms with Gasteiger partial charge in [0.25, 0.3) is 5.91 Å². The van der Waals surface area contributed by atoms with E-state index in [0.717, 1.165) is 23.3 Å². The standard InChI is InChI=1S/C21H23N3O4/c1-5-15-6-9-17(10-7-15)27-14(3)21(25)22-20-19(23-28-24-20)16-8-11-18(26-4)13(2)12-16/h6-12,14H,5H2,1-4H3,(H,22,24,25)/t14-/m0/s1. The van der Waals surface area contributed by atoms with E-state index in [4.69, 9.17) is 14.1 Å². The molecule has 1 N–H and O–H groups in total. The summed E-state index contributed by atoms with van der Waals surface area (Å²) in [6.07, 6.45) is 0.234. The fourth-order valence-electron chi connectivity index (χ4n) is 2.77. The highest BCUT2D eigenvalue weighted by atomic mass is 16.6. The molecular formula is C21H23N3O4. The molecule has 3 rings (SSSR count). The maximum atomic E-state index is 12.5. The fourth-order valence-corrected chi connectivity index (χ4v) is 2.77. The van der Waals surface area contributed by atoms with Crippen LogP contribution in [0.3, 0.4) is 0 Å². The van der Waals surface area contributed by atoms with Crippen molar-refractivity contribution in [1.82, 2.24) is 10.3 Å². The highest BCUT2D eigenvalue weighted by molar-refractivity contribution is 5.96. The second-order valence-corrected chi connectivity index (χ2v) is 6.39. The van der Waals surface area contributed by atoms with E-state index < -0.39 is 6.10 Å². The predicted molar refractivity (Wildman–Crippen MR) is 106 cm³/mol. The molecule has 0 saturated heterocycles. The number of ether oxygens (including phenoxy) is 2. The normalized spacial score (nSPS) is 11.7. The van der Waals surface area contributed by atoms with E-state index in [2.05, 4.69) is 22.6 Å². The molecule has 7 heteroatoms. The number of carbonyl (C=O) groups excluding carboxylic acids is 1. The smallest absolute Gasteiger partial charge is 0.266 e. The number of methoxy groups -OCH3 is 1. The van der Waals surface area contributed by atoms with Crippen molar-refractivity contribution in [3.05, 3.63) is 53.6 Å². The monoisotopic (exact) mass is 381 g/mol. The topological polar surface area (TPSA) is 86.5 Å².